The highest BCUT2D eigenvalue weighted by Gasteiger charge is 2.25. The Morgan fingerprint density at radius 3 is 2.61 bits per heavy atom. The smallest absolute Gasteiger partial charge is 0.258 e. The Bertz CT molecular complexity index is 1080. The Labute approximate surface area is 160 Å². The van der Waals surface area contributed by atoms with Crippen molar-refractivity contribution in [1.82, 2.24) is 9.97 Å². The van der Waals surface area contributed by atoms with Crippen molar-refractivity contribution in [1.29, 1.82) is 0 Å². The van der Waals surface area contributed by atoms with Crippen LogP contribution in [0.4, 0.5) is 20.3 Å². The van der Waals surface area contributed by atoms with Gasteiger partial charge in [-0.3, -0.25) is 4.79 Å². The van der Waals surface area contributed by atoms with Crippen molar-refractivity contribution in [3.8, 4) is 11.3 Å². The number of nitrogens with zero attached hydrogens (tertiary/aromatic N) is 2. The molecule has 2 aromatic carbocycles. The molecule has 5 nitrogen and oxygen atoms in total. The lowest BCUT2D eigenvalue weighted by atomic mass is 10.0. The quantitative estimate of drug-likeness (QED) is 0.701. The summed E-state index contributed by atoms with van der Waals surface area (Å²) in [6.45, 7) is 1.72. The Balaban J connectivity index is 1.65. The van der Waals surface area contributed by atoms with Crippen molar-refractivity contribution in [2.75, 3.05) is 11.1 Å². The minimum absolute atomic E-state index is 0.0825. The van der Waals surface area contributed by atoms with Crippen molar-refractivity contribution in [2.24, 2.45) is 0 Å². The summed E-state index contributed by atoms with van der Waals surface area (Å²) in [5.74, 6) is -1.14. The molecule has 1 amide bonds. The van der Waals surface area contributed by atoms with E-state index in [2.05, 4.69) is 15.3 Å². The minimum Gasteiger partial charge on any atom is -0.384 e. The van der Waals surface area contributed by atoms with Gasteiger partial charge < -0.3 is 11.1 Å². The van der Waals surface area contributed by atoms with Crippen molar-refractivity contribution in [3.05, 3.63) is 71.1 Å². The number of aromatic nitrogens is 2. The van der Waals surface area contributed by atoms with Gasteiger partial charge in [0.2, 0.25) is 0 Å². The van der Waals surface area contributed by atoms with Crippen LogP contribution in [0.15, 0.2) is 42.7 Å². The third-order valence-corrected chi connectivity index (χ3v) is 4.87. The van der Waals surface area contributed by atoms with Gasteiger partial charge in [0.1, 0.15) is 23.8 Å². The van der Waals surface area contributed by atoms with Crippen molar-refractivity contribution < 1.29 is 13.6 Å². The third kappa shape index (κ3) is 3.55. The maximum Gasteiger partial charge on any atom is 0.258 e. The van der Waals surface area contributed by atoms with Crippen LogP contribution in [-0.4, -0.2) is 15.9 Å². The van der Waals surface area contributed by atoms with Gasteiger partial charge in [-0.1, -0.05) is 6.07 Å². The zero-order valence-corrected chi connectivity index (χ0v) is 15.2. The predicted molar refractivity (Wildman–Crippen MR) is 103 cm³/mol. The van der Waals surface area contributed by atoms with E-state index < -0.39 is 17.5 Å². The van der Waals surface area contributed by atoms with Gasteiger partial charge in [-0.25, -0.2) is 18.7 Å². The maximum absolute atomic E-state index is 14.4. The zero-order valence-electron chi connectivity index (χ0n) is 15.2. The molecule has 1 heterocycles. The highest BCUT2D eigenvalue weighted by Crippen LogP contribution is 2.40. The average molecular weight is 380 g/mol. The van der Waals surface area contributed by atoms with E-state index in [4.69, 9.17) is 5.73 Å². The van der Waals surface area contributed by atoms with Crippen LogP contribution in [0.5, 0.6) is 0 Å². The Kier molecular flexibility index (Phi) is 4.50. The number of carbonyl (C=O) groups excluding carboxylic acids is 1. The third-order valence-electron chi connectivity index (χ3n) is 4.87. The molecule has 1 aromatic heterocycles. The first-order valence-electron chi connectivity index (χ1n) is 8.91. The zero-order chi connectivity index (χ0) is 19.8. The highest BCUT2D eigenvalue weighted by atomic mass is 19.1. The topological polar surface area (TPSA) is 80.9 Å². The summed E-state index contributed by atoms with van der Waals surface area (Å²) in [5.41, 5.74) is 8.22. The molecular formula is C21H18F2N4O. The molecule has 0 spiro atoms. The van der Waals surface area contributed by atoms with E-state index in [0.717, 1.165) is 18.4 Å². The molecule has 28 heavy (non-hydrogen) atoms. The lowest BCUT2D eigenvalue weighted by molar-refractivity contribution is 0.102. The summed E-state index contributed by atoms with van der Waals surface area (Å²) in [4.78, 5) is 20.5. The first-order valence-corrected chi connectivity index (χ1v) is 8.91. The van der Waals surface area contributed by atoms with Crippen LogP contribution in [0, 0.1) is 18.6 Å². The molecule has 0 atom stereocenters. The number of nitrogens with one attached hydrogen (secondary N) is 1. The van der Waals surface area contributed by atoms with Crippen LogP contribution in [0.2, 0.25) is 0 Å². The summed E-state index contributed by atoms with van der Waals surface area (Å²) in [6.07, 6.45) is 3.37. The Hall–Kier alpha value is -3.35. The largest absolute Gasteiger partial charge is 0.384 e. The number of anilines is 2. The summed E-state index contributed by atoms with van der Waals surface area (Å²) in [5, 5.41) is 2.60. The molecule has 1 fully saturated rings. The lowest BCUT2D eigenvalue weighted by Crippen LogP contribution is -2.15. The van der Waals surface area contributed by atoms with E-state index in [0.29, 0.717) is 22.7 Å². The molecule has 3 N–H and O–H groups in total. The fraction of sp³-hybridized carbons (Fsp3) is 0.190. The molecule has 0 unspecified atom stereocenters. The van der Waals surface area contributed by atoms with Crippen LogP contribution >= 0.6 is 0 Å². The molecule has 4 rings (SSSR count). The second kappa shape index (κ2) is 6.99. The maximum atomic E-state index is 14.4. The molecule has 7 heteroatoms. The van der Waals surface area contributed by atoms with Gasteiger partial charge in [0, 0.05) is 17.3 Å². The second-order valence-electron chi connectivity index (χ2n) is 6.92. The molecule has 142 valence electrons. The van der Waals surface area contributed by atoms with Crippen LogP contribution in [0.1, 0.15) is 40.2 Å². The van der Waals surface area contributed by atoms with E-state index in [1.165, 1.54) is 36.7 Å². The molecule has 0 aliphatic heterocycles. The average Bonchev–Trinajstić information content (AvgIpc) is 3.49. The summed E-state index contributed by atoms with van der Waals surface area (Å²) >= 11 is 0. The first-order chi connectivity index (χ1) is 13.4. The van der Waals surface area contributed by atoms with Crippen molar-refractivity contribution in [2.45, 2.75) is 25.7 Å². The SMILES string of the molecule is Cc1c(NC(=O)c2ccc(C3CC3)cc2F)cc(F)cc1-c1cc(N)ncn1. The van der Waals surface area contributed by atoms with Crippen LogP contribution in [0.25, 0.3) is 11.3 Å². The summed E-state index contributed by atoms with van der Waals surface area (Å²) in [6, 6.07) is 8.65. The van der Waals surface area contributed by atoms with Crippen LogP contribution in [-0.2, 0) is 0 Å². The van der Waals surface area contributed by atoms with Gasteiger partial charge >= 0.3 is 0 Å². The highest BCUT2D eigenvalue weighted by molar-refractivity contribution is 6.05. The van der Waals surface area contributed by atoms with E-state index in [-0.39, 0.29) is 17.1 Å². The number of nitrogen functional groups attached to an aromatic ring is 1. The number of benzene rings is 2. The molecule has 0 saturated heterocycles. The predicted octanol–water partition coefficient (Wildman–Crippen LogP) is 4.44. The number of nitrogens with two attached hydrogens (primary N) is 1. The number of amides is 1. The molecule has 1 aliphatic carbocycles. The minimum atomic E-state index is -0.637. The standard InChI is InChI=1S/C21H18F2N4O/c1-11-16(19-9-20(24)26-10-25-19)7-14(22)8-18(11)27-21(28)15-5-4-13(6-17(15)23)12-2-3-12/h4-10,12H,2-3H2,1H3,(H,27,28)(H2,24,25,26). The molecule has 3 aromatic rings. The molecular weight excluding hydrogens is 362 g/mol. The molecule has 1 aliphatic rings. The van der Waals surface area contributed by atoms with Gasteiger partial charge in [0.05, 0.1) is 11.3 Å². The lowest BCUT2D eigenvalue weighted by Gasteiger charge is -2.14. The fourth-order valence-electron chi connectivity index (χ4n) is 3.17. The van der Waals surface area contributed by atoms with E-state index in [1.54, 1.807) is 13.0 Å². The number of rotatable bonds is 4. The monoisotopic (exact) mass is 380 g/mol. The van der Waals surface area contributed by atoms with Gasteiger partial charge in [0.15, 0.2) is 0 Å². The molecule has 1 saturated carbocycles. The normalized spacial score (nSPS) is 13.4. The fourth-order valence-corrected chi connectivity index (χ4v) is 3.17. The summed E-state index contributed by atoms with van der Waals surface area (Å²) in [7, 11) is 0. The van der Waals surface area contributed by atoms with Crippen LogP contribution < -0.4 is 11.1 Å². The van der Waals surface area contributed by atoms with E-state index in [9.17, 15) is 13.6 Å². The first kappa shape index (κ1) is 18.0. The van der Waals surface area contributed by atoms with Crippen molar-refractivity contribution >= 4 is 17.4 Å². The van der Waals surface area contributed by atoms with Gasteiger partial charge in [-0.2, -0.15) is 0 Å². The van der Waals surface area contributed by atoms with Gasteiger partial charge in [-0.15, -0.1) is 0 Å². The number of hydrogen-bond acceptors (Lipinski definition) is 4. The van der Waals surface area contributed by atoms with Gasteiger partial charge in [-0.05, 0) is 61.1 Å². The Morgan fingerprint density at radius 1 is 1.14 bits per heavy atom. The van der Waals surface area contributed by atoms with E-state index >= 15 is 0 Å². The van der Waals surface area contributed by atoms with E-state index in [1.807, 2.05) is 0 Å². The number of halogens is 2. The van der Waals surface area contributed by atoms with Gasteiger partial charge in [0.25, 0.3) is 5.91 Å². The number of hydrogen-bond donors (Lipinski definition) is 2. The molecule has 0 bridgehead atoms. The summed E-state index contributed by atoms with van der Waals surface area (Å²) < 4.78 is 28.6. The second-order valence-corrected chi connectivity index (χ2v) is 6.92. The van der Waals surface area contributed by atoms with Crippen molar-refractivity contribution in [3.63, 3.8) is 0 Å². The Morgan fingerprint density at radius 2 is 1.93 bits per heavy atom. The number of carbonyl (C=O) groups is 1. The van der Waals surface area contributed by atoms with Crippen LogP contribution in [0.3, 0.4) is 0 Å². The molecule has 0 radical (unpaired) electrons.